The summed E-state index contributed by atoms with van der Waals surface area (Å²) in [5, 5.41) is 0.804. The molecule has 1 aliphatic rings. The van der Waals surface area contributed by atoms with Crippen molar-refractivity contribution in [1.29, 1.82) is 0 Å². The Kier molecular flexibility index (Phi) is 2.51. The van der Waals surface area contributed by atoms with Crippen molar-refractivity contribution in [3.8, 4) is 0 Å². The van der Waals surface area contributed by atoms with Gasteiger partial charge in [-0.2, -0.15) is 0 Å². The van der Waals surface area contributed by atoms with Crippen LogP contribution in [0.2, 0.25) is 5.02 Å². The van der Waals surface area contributed by atoms with Crippen LogP contribution in [0.4, 0.5) is 4.39 Å². The number of benzene rings is 1. The number of fused-ring (bicyclic) bond motifs is 1. The van der Waals surface area contributed by atoms with Gasteiger partial charge in [-0.15, -0.1) is 0 Å². The van der Waals surface area contributed by atoms with E-state index in [0.29, 0.717) is 6.54 Å². The van der Waals surface area contributed by atoms with Gasteiger partial charge in [0.05, 0.1) is 0 Å². The van der Waals surface area contributed by atoms with Crippen molar-refractivity contribution in [2.75, 3.05) is 13.2 Å². The van der Waals surface area contributed by atoms with E-state index >= 15 is 0 Å². The molecule has 0 fully saturated rings. The maximum Gasteiger partial charge on any atom is 0.102 e. The van der Waals surface area contributed by atoms with Crippen LogP contribution in [0, 0.1) is 0 Å². The van der Waals surface area contributed by atoms with Gasteiger partial charge in [-0.05, 0) is 17.2 Å². The van der Waals surface area contributed by atoms with E-state index in [2.05, 4.69) is 11.0 Å². The zero-order chi connectivity index (χ0) is 9.26. The zero-order valence-corrected chi connectivity index (χ0v) is 8.02. The van der Waals surface area contributed by atoms with Crippen LogP contribution in [-0.2, 0) is 13.1 Å². The second-order valence-electron chi connectivity index (χ2n) is 3.28. The first-order valence-electron chi connectivity index (χ1n) is 4.36. The Hall–Kier alpha value is -0.600. The molecule has 0 aliphatic carbocycles. The summed E-state index contributed by atoms with van der Waals surface area (Å²) in [6, 6.07) is 5.89. The van der Waals surface area contributed by atoms with E-state index < -0.39 is 0 Å². The van der Waals surface area contributed by atoms with Crippen LogP contribution >= 0.6 is 11.6 Å². The lowest BCUT2D eigenvalue weighted by atomic mass is 10.1. The normalized spacial score (nSPS) is 16.2. The van der Waals surface area contributed by atoms with Crippen molar-refractivity contribution in [3.63, 3.8) is 0 Å². The first-order chi connectivity index (χ1) is 6.31. The first-order valence-corrected chi connectivity index (χ1v) is 4.73. The van der Waals surface area contributed by atoms with Gasteiger partial charge in [-0.3, -0.25) is 4.90 Å². The Morgan fingerprint density at radius 1 is 1.38 bits per heavy atom. The molecule has 0 N–H and O–H groups in total. The zero-order valence-electron chi connectivity index (χ0n) is 7.26. The number of nitrogens with zero attached hydrogens (tertiary/aromatic N) is 1. The van der Waals surface area contributed by atoms with Gasteiger partial charge in [0.15, 0.2) is 0 Å². The molecule has 0 amide bonds. The first kappa shape index (κ1) is 8.97. The molecule has 3 heteroatoms. The Balaban J connectivity index is 2.20. The van der Waals surface area contributed by atoms with Crippen LogP contribution in [0.25, 0.3) is 0 Å². The van der Waals surface area contributed by atoms with E-state index in [0.717, 1.165) is 23.7 Å². The Morgan fingerprint density at radius 2 is 2.23 bits per heavy atom. The molecular weight excluding hydrogens is 189 g/mol. The fourth-order valence-corrected chi connectivity index (χ4v) is 1.98. The lowest BCUT2D eigenvalue weighted by Gasteiger charge is -2.10. The molecule has 1 aromatic rings. The van der Waals surface area contributed by atoms with E-state index in [1.807, 2.05) is 12.1 Å². The average molecular weight is 200 g/mol. The minimum absolute atomic E-state index is 0.286. The summed E-state index contributed by atoms with van der Waals surface area (Å²) in [5.41, 5.74) is 2.40. The monoisotopic (exact) mass is 199 g/mol. The number of hydrogen-bond donors (Lipinski definition) is 0. The van der Waals surface area contributed by atoms with E-state index in [-0.39, 0.29) is 6.67 Å². The van der Waals surface area contributed by atoms with Crippen molar-refractivity contribution in [2.24, 2.45) is 0 Å². The second kappa shape index (κ2) is 3.64. The molecule has 0 saturated heterocycles. The summed E-state index contributed by atoms with van der Waals surface area (Å²) in [6.45, 7) is 1.84. The smallest absolute Gasteiger partial charge is 0.102 e. The summed E-state index contributed by atoms with van der Waals surface area (Å²) >= 11 is 6.01. The summed E-state index contributed by atoms with van der Waals surface area (Å²) in [6.07, 6.45) is 0. The predicted octanol–water partition coefficient (Wildman–Crippen LogP) is 2.63. The number of halogens is 2. The highest BCUT2D eigenvalue weighted by Crippen LogP contribution is 2.28. The molecule has 0 bridgehead atoms. The van der Waals surface area contributed by atoms with E-state index in [1.54, 1.807) is 0 Å². The number of hydrogen-bond acceptors (Lipinski definition) is 1. The van der Waals surface area contributed by atoms with Crippen molar-refractivity contribution >= 4 is 11.6 Å². The average Bonchev–Trinajstić information content (AvgIpc) is 2.49. The van der Waals surface area contributed by atoms with Gasteiger partial charge in [0, 0.05) is 24.7 Å². The molecule has 70 valence electrons. The lowest BCUT2D eigenvalue weighted by molar-refractivity contribution is 0.255. The van der Waals surface area contributed by atoms with Crippen LogP contribution in [0.5, 0.6) is 0 Å². The van der Waals surface area contributed by atoms with Crippen LogP contribution in [0.3, 0.4) is 0 Å². The van der Waals surface area contributed by atoms with Gasteiger partial charge in [-0.25, -0.2) is 4.39 Å². The third kappa shape index (κ3) is 1.69. The van der Waals surface area contributed by atoms with Gasteiger partial charge >= 0.3 is 0 Å². The van der Waals surface area contributed by atoms with Gasteiger partial charge in [0.1, 0.15) is 6.67 Å². The molecule has 13 heavy (non-hydrogen) atoms. The molecule has 1 aliphatic heterocycles. The van der Waals surface area contributed by atoms with Crippen LogP contribution in [0.1, 0.15) is 11.1 Å². The quantitative estimate of drug-likeness (QED) is 0.708. The molecule has 2 rings (SSSR count). The Bertz CT molecular complexity index is 314. The van der Waals surface area contributed by atoms with Crippen molar-refractivity contribution < 1.29 is 4.39 Å². The minimum atomic E-state index is -0.286. The van der Waals surface area contributed by atoms with Crippen LogP contribution in [-0.4, -0.2) is 18.1 Å². The van der Waals surface area contributed by atoms with E-state index in [4.69, 9.17) is 11.6 Å². The van der Waals surface area contributed by atoms with Crippen molar-refractivity contribution in [3.05, 3.63) is 34.3 Å². The minimum Gasteiger partial charge on any atom is -0.292 e. The Labute approximate surface area is 82.1 Å². The third-order valence-corrected chi connectivity index (χ3v) is 2.75. The highest BCUT2D eigenvalue weighted by molar-refractivity contribution is 6.31. The summed E-state index contributed by atoms with van der Waals surface area (Å²) in [7, 11) is 0. The third-order valence-electron chi connectivity index (χ3n) is 2.39. The molecule has 1 aromatic carbocycles. The van der Waals surface area contributed by atoms with Crippen molar-refractivity contribution in [1.82, 2.24) is 4.90 Å². The molecule has 1 nitrogen and oxygen atoms in total. The van der Waals surface area contributed by atoms with Gasteiger partial charge in [0.2, 0.25) is 0 Å². The van der Waals surface area contributed by atoms with Crippen LogP contribution < -0.4 is 0 Å². The summed E-state index contributed by atoms with van der Waals surface area (Å²) in [5.74, 6) is 0. The largest absolute Gasteiger partial charge is 0.292 e. The van der Waals surface area contributed by atoms with Crippen molar-refractivity contribution in [2.45, 2.75) is 13.1 Å². The highest BCUT2D eigenvalue weighted by atomic mass is 35.5. The molecule has 0 spiro atoms. The lowest BCUT2D eigenvalue weighted by Crippen LogP contribution is -2.18. The molecule has 0 aromatic heterocycles. The van der Waals surface area contributed by atoms with Gasteiger partial charge < -0.3 is 0 Å². The fourth-order valence-electron chi connectivity index (χ4n) is 1.73. The SMILES string of the molecule is FCCN1Cc2cccc(Cl)c2C1. The molecule has 0 radical (unpaired) electrons. The molecule has 0 atom stereocenters. The molecule has 1 heterocycles. The number of rotatable bonds is 2. The topological polar surface area (TPSA) is 3.24 Å². The summed E-state index contributed by atoms with van der Waals surface area (Å²) < 4.78 is 12.1. The maximum atomic E-state index is 12.1. The standard InChI is InChI=1S/C10H11ClFN/c11-10-3-1-2-8-6-13(5-4-12)7-9(8)10/h1-3H,4-7H2. The Morgan fingerprint density at radius 3 is 2.92 bits per heavy atom. The van der Waals surface area contributed by atoms with Gasteiger partial charge in [0.25, 0.3) is 0 Å². The van der Waals surface area contributed by atoms with Crippen LogP contribution in [0.15, 0.2) is 18.2 Å². The predicted molar refractivity (Wildman–Crippen MR) is 51.5 cm³/mol. The summed E-state index contributed by atoms with van der Waals surface area (Å²) in [4.78, 5) is 2.07. The number of alkyl halides is 1. The maximum absolute atomic E-state index is 12.1. The molecule has 0 unspecified atom stereocenters. The van der Waals surface area contributed by atoms with E-state index in [1.165, 1.54) is 5.56 Å². The fraction of sp³-hybridized carbons (Fsp3) is 0.400. The molecular formula is C10H11ClFN. The molecule has 0 saturated carbocycles. The van der Waals surface area contributed by atoms with E-state index in [9.17, 15) is 4.39 Å². The highest BCUT2D eigenvalue weighted by Gasteiger charge is 2.19. The second-order valence-corrected chi connectivity index (χ2v) is 3.68. The van der Waals surface area contributed by atoms with Gasteiger partial charge in [-0.1, -0.05) is 23.7 Å².